The van der Waals surface area contributed by atoms with Gasteiger partial charge in [0.15, 0.2) is 11.5 Å². The maximum atomic E-state index is 12.4. The van der Waals surface area contributed by atoms with Gasteiger partial charge < -0.3 is 9.47 Å². The number of hydrogen-bond donors (Lipinski definition) is 1. The lowest BCUT2D eigenvalue weighted by atomic mass is 10.0. The molecule has 0 saturated heterocycles. The summed E-state index contributed by atoms with van der Waals surface area (Å²) in [5.41, 5.74) is 6.87. The number of rotatable bonds is 4. The lowest BCUT2D eigenvalue weighted by Crippen LogP contribution is -2.19. The highest BCUT2D eigenvalue weighted by Gasteiger charge is 2.14. The van der Waals surface area contributed by atoms with Gasteiger partial charge in [0.2, 0.25) is 6.79 Å². The van der Waals surface area contributed by atoms with Crippen LogP contribution in [0.3, 0.4) is 0 Å². The van der Waals surface area contributed by atoms with Crippen molar-refractivity contribution in [3.63, 3.8) is 0 Å². The molecular weight excluding hydrogens is 340 g/mol. The van der Waals surface area contributed by atoms with E-state index in [2.05, 4.69) is 10.5 Å². The Labute approximate surface area is 157 Å². The van der Waals surface area contributed by atoms with Crippen LogP contribution in [0.2, 0.25) is 0 Å². The van der Waals surface area contributed by atoms with E-state index in [9.17, 15) is 4.79 Å². The van der Waals surface area contributed by atoms with Gasteiger partial charge in [-0.15, -0.1) is 0 Å². The van der Waals surface area contributed by atoms with E-state index < -0.39 is 0 Å². The van der Waals surface area contributed by atoms with E-state index in [0.29, 0.717) is 22.8 Å². The molecule has 0 saturated carbocycles. The highest BCUT2D eigenvalue weighted by molar-refractivity contribution is 6.01. The number of fused-ring (bicyclic) bond motifs is 1. The zero-order chi connectivity index (χ0) is 18.6. The second-order valence-electron chi connectivity index (χ2n) is 6.15. The third-order valence-electron chi connectivity index (χ3n) is 4.37. The van der Waals surface area contributed by atoms with Gasteiger partial charge >= 0.3 is 0 Å². The van der Waals surface area contributed by atoms with Crippen molar-refractivity contribution in [2.75, 3.05) is 6.79 Å². The molecule has 0 spiro atoms. The predicted molar refractivity (Wildman–Crippen MR) is 104 cm³/mol. The van der Waals surface area contributed by atoms with Crippen molar-refractivity contribution in [2.24, 2.45) is 5.10 Å². The Kier molecular flexibility index (Phi) is 4.58. The average molecular weight is 358 g/mol. The summed E-state index contributed by atoms with van der Waals surface area (Å²) in [5, 5.41) is 4.20. The lowest BCUT2D eigenvalue weighted by molar-refractivity contribution is 0.0955. The zero-order valence-electron chi connectivity index (χ0n) is 14.8. The molecule has 1 N–H and O–H groups in total. The minimum atomic E-state index is -0.255. The summed E-state index contributed by atoms with van der Waals surface area (Å²) in [5.74, 6) is 1.15. The van der Waals surface area contributed by atoms with Crippen LogP contribution in [0.1, 0.15) is 22.8 Å². The highest BCUT2D eigenvalue weighted by Crippen LogP contribution is 2.32. The lowest BCUT2D eigenvalue weighted by Gasteiger charge is -2.06. The third-order valence-corrected chi connectivity index (χ3v) is 4.37. The van der Waals surface area contributed by atoms with E-state index in [1.165, 1.54) is 0 Å². The molecule has 0 bridgehead atoms. The van der Waals surface area contributed by atoms with Gasteiger partial charge in [-0.1, -0.05) is 42.5 Å². The number of carbonyl (C=O) groups is 1. The highest BCUT2D eigenvalue weighted by atomic mass is 16.7. The van der Waals surface area contributed by atoms with Gasteiger partial charge in [0, 0.05) is 11.1 Å². The van der Waals surface area contributed by atoms with Gasteiger partial charge in [0.1, 0.15) is 0 Å². The van der Waals surface area contributed by atoms with Crippen LogP contribution in [0.15, 0.2) is 77.9 Å². The fourth-order valence-electron chi connectivity index (χ4n) is 2.83. The van der Waals surface area contributed by atoms with Crippen LogP contribution < -0.4 is 14.9 Å². The number of hydrogen-bond acceptors (Lipinski definition) is 4. The van der Waals surface area contributed by atoms with Crippen LogP contribution >= 0.6 is 0 Å². The molecule has 3 aromatic carbocycles. The van der Waals surface area contributed by atoms with Gasteiger partial charge in [-0.05, 0) is 48.4 Å². The SMILES string of the molecule is C/C(=N/NC(=O)c1ccc(-c2ccccc2)cc1)c1ccc2c(c1)OCO2. The quantitative estimate of drug-likeness (QED) is 0.561. The van der Waals surface area contributed by atoms with Crippen LogP contribution in [0, 0.1) is 0 Å². The van der Waals surface area contributed by atoms with Gasteiger partial charge in [0.25, 0.3) is 5.91 Å². The van der Waals surface area contributed by atoms with Crippen LogP contribution in [-0.4, -0.2) is 18.4 Å². The number of amides is 1. The molecule has 1 aliphatic heterocycles. The minimum Gasteiger partial charge on any atom is -0.454 e. The van der Waals surface area contributed by atoms with Crippen molar-refractivity contribution in [2.45, 2.75) is 6.92 Å². The Hall–Kier alpha value is -3.60. The van der Waals surface area contributed by atoms with E-state index in [4.69, 9.17) is 9.47 Å². The Bertz CT molecular complexity index is 996. The van der Waals surface area contributed by atoms with E-state index >= 15 is 0 Å². The maximum Gasteiger partial charge on any atom is 0.271 e. The summed E-state index contributed by atoms with van der Waals surface area (Å²) in [6.45, 7) is 2.06. The average Bonchev–Trinajstić information content (AvgIpc) is 3.20. The first-order valence-corrected chi connectivity index (χ1v) is 8.61. The molecule has 5 nitrogen and oxygen atoms in total. The van der Waals surface area contributed by atoms with Crippen molar-refractivity contribution in [3.05, 3.63) is 83.9 Å². The van der Waals surface area contributed by atoms with Crippen molar-refractivity contribution in [3.8, 4) is 22.6 Å². The summed E-state index contributed by atoms with van der Waals surface area (Å²) < 4.78 is 10.7. The molecule has 0 aliphatic carbocycles. The largest absolute Gasteiger partial charge is 0.454 e. The number of ether oxygens (including phenoxy) is 2. The first-order valence-electron chi connectivity index (χ1n) is 8.61. The van der Waals surface area contributed by atoms with Crippen molar-refractivity contribution in [1.82, 2.24) is 5.43 Å². The number of hydrazone groups is 1. The monoisotopic (exact) mass is 358 g/mol. The minimum absolute atomic E-state index is 0.227. The number of benzene rings is 3. The van der Waals surface area contributed by atoms with Crippen molar-refractivity contribution >= 4 is 11.6 Å². The Morgan fingerprint density at radius 3 is 2.30 bits per heavy atom. The third kappa shape index (κ3) is 3.67. The Morgan fingerprint density at radius 1 is 0.852 bits per heavy atom. The smallest absolute Gasteiger partial charge is 0.271 e. The maximum absolute atomic E-state index is 12.4. The molecule has 0 aromatic heterocycles. The van der Waals surface area contributed by atoms with Crippen LogP contribution in [0.5, 0.6) is 11.5 Å². The first-order chi connectivity index (χ1) is 13.2. The molecule has 5 heteroatoms. The molecule has 0 unspecified atom stereocenters. The summed E-state index contributed by atoms with van der Waals surface area (Å²) in [6, 6.07) is 23.0. The summed E-state index contributed by atoms with van der Waals surface area (Å²) >= 11 is 0. The van der Waals surface area contributed by atoms with E-state index in [0.717, 1.165) is 16.7 Å². The van der Waals surface area contributed by atoms with Gasteiger partial charge in [-0.2, -0.15) is 5.10 Å². The van der Waals surface area contributed by atoms with E-state index in [1.807, 2.05) is 67.6 Å². The molecule has 1 aliphatic rings. The van der Waals surface area contributed by atoms with Crippen molar-refractivity contribution < 1.29 is 14.3 Å². The van der Waals surface area contributed by atoms with Crippen LogP contribution in [0.4, 0.5) is 0 Å². The molecule has 0 radical (unpaired) electrons. The molecule has 134 valence electrons. The summed E-state index contributed by atoms with van der Waals surface area (Å²) in [6.07, 6.45) is 0. The van der Waals surface area contributed by atoms with Gasteiger partial charge in [-0.25, -0.2) is 5.43 Å². The molecular formula is C22H18N2O3. The molecule has 0 atom stereocenters. The normalized spacial score (nSPS) is 12.7. The second-order valence-corrected chi connectivity index (χ2v) is 6.15. The molecule has 0 fully saturated rings. The van der Waals surface area contributed by atoms with Crippen LogP contribution in [0.25, 0.3) is 11.1 Å². The van der Waals surface area contributed by atoms with E-state index in [1.54, 1.807) is 12.1 Å². The molecule has 1 heterocycles. The molecule has 27 heavy (non-hydrogen) atoms. The molecule has 1 amide bonds. The second kappa shape index (κ2) is 7.33. The number of nitrogens with one attached hydrogen (secondary N) is 1. The number of carbonyl (C=O) groups excluding carboxylic acids is 1. The fourth-order valence-corrected chi connectivity index (χ4v) is 2.83. The Balaban J connectivity index is 1.45. The van der Waals surface area contributed by atoms with Gasteiger partial charge in [-0.3, -0.25) is 4.79 Å². The molecule has 3 aromatic rings. The molecule has 4 rings (SSSR count). The zero-order valence-corrected chi connectivity index (χ0v) is 14.8. The van der Waals surface area contributed by atoms with Crippen molar-refractivity contribution in [1.29, 1.82) is 0 Å². The van der Waals surface area contributed by atoms with Crippen LogP contribution in [-0.2, 0) is 0 Å². The standard InChI is InChI=1S/C22H18N2O3/c1-15(19-11-12-20-21(13-19)27-14-26-20)23-24-22(25)18-9-7-17(8-10-18)16-5-3-2-4-6-16/h2-13H,14H2,1H3,(H,24,25)/b23-15-. The predicted octanol–water partition coefficient (Wildman–Crippen LogP) is 4.24. The first kappa shape index (κ1) is 16.8. The Morgan fingerprint density at radius 2 is 1.52 bits per heavy atom. The number of nitrogens with zero attached hydrogens (tertiary/aromatic N) is 1. The van der Waals surface area contributed by atoms with Gasteiger partial charge in [0.05, 0.1) is 5.71 Å². The topological polar surface area (TPSA) is 59.9 Å². The fraction of sp³-hybridized carbons (Fsp3) is 0.0909. The van der Waals surface area contributed by atoms with E-state index in [-0.39, 0.29) is 12.7 Å². The summed E-state index contributed by atoms with van der Waals surface area (Å²) in [7, 11) is 0. The summed E-state index contributed by atoms with van der Waals surface area (Å²) in [4.78, 5) is 12.4.